The highest BCUT2D eigenvalue weighted by Gasteiger charge is 2.38. The second-order valence-corrected chi connectivity index (χ2v) is 9.21. The molecule has 1 aliphatic rings. The molecule has 0 unspecified atom stereocenters. The molecular formula is C27H30ClN3O2. The third-order valence-corrected chi connectivity index (χ3v) is 6.64. The molecule has 4 rings (SSSR count). The van der Waals surface area contributed by atoms with Crippen molar-refractivity contribution in [3.8, 4) is 5.75 Å². The fraction of sp³-hybridized carbons (Fsp3) is 0.333. The van der Waals surface area contributed by atoms with Gasteiger partial charge >= 0.3 is 0 Å². The van der Waals surface area contributed by atoms with Crippen LogP contribution in [0.2, 0.25) is 5.02 Å². The molecular weight excluding hydrogens is 434 g/mol. The van der Waals surface area contributed by atoms with Gasteiger partial charge in [-0.3, -0.25) is 14.7 Å². The Labute approximate surface area is 200 Å². The molecule has 172 valence electrons. The zero-order valence-electron chi connectivity index (χ0n) is 18.9. The van der Waals surface area contributed by atoms with E-state index < -0.39 is 5.41 Å². The monoisotopic (exact) mass is 463 g/mol. The maximum Gasteiger partial charge on any atom is 0.226 e. The van der Waals surface area contributed by atoms with Gasteiger partial charge in [0.1, 0.15) is 12.4 Å². The number of hydrogen-bond donors (Lipinski definition) is 1. The number of amides is 1. The van der Waals surface area contributed by atoms with Crippen LogP contribution < -0.4 is 10.1 Å². The van der Waals surface area contributed by atoms with Crippen molar-refractivity contribution in [2.75, 3.05) is 26.2 Å². The average Bonchev–Trinajstić information content (AvgIpc) is 2.85. The lowest BCUT2D eigenvalue weighted by Crippen LogP contribution is -2.48. The van der Waals surface area contributed by atoms with Crippen molar-refractivity contribution in [3.05, 3.63) is 95.3 Å². The lowest BCUT2D eigenvalue weighted by atomic mass is 9.79. The van der Waals surface area contributed by atoms with Crippen molar-refractivity contribution in [3.63, 3.8) is 0 Å². The Morgan fingerprint density at radius 1 is 1.06 bits per heavy atom. The molecule has 0 saturated carbocycles. The molecule has 6 heteroatoms. The first-order valence-electron chi connectivity index (χ1n) is 11.4. The van der Waals surface area contributed by atoms with Gasteiger partial charge in [0.15, 0.2) is 0 Å². The Morgan fingerprint density at radius 2 is 1.76 bits per heavy atom. The number of piperidine rings is 1. The number of nitrogens with one attached hydrogen (secondary N) is 1. The third kappa shape index (κ3) is 6.12. The Hall–Kier alpha value is -2.89. The second-order valence-electron chi connectivity index (χ2n) is 8.78. The summed E-state index contributed by atoms with van der Waals surface area (Å²) in [5.74, 6) is 0.953. The lowest BCUT2D eigenvalue weighted by molar-refractivity contribution is -0.133. The van der Waals surface area contributed by atoms with E-state index in [4.69, 9.17) is 16.3 Å². The first kappa shape index (κ1) is 23.3. The third-order valence-electron chi connectivity index (χ3n) is 6.39. The maximum atomic E-state index is 13.4. The standard InChI is InChI=1S/C27H30ClN3O2/c1-27(14-17-31(18-15-27)19-20-33-23-7-3-2-4-8-23)26(32)30-25(24-9-5-6-16-29-24)21-10-12-22(28)13-11-21/h2-13,16,25H,14-15,17-20H2,1H3,(H,30,32)/t25-/m1/s1. The number of rotatable bonds is 8. The molecule has 1 fully saturated rings. The Bertz CT molecular complexity index is 1020. The Morgan fingerprint density at radius 3 is 2.42 bits per heavy atom. The van der Waals surface area contributed by atoms with Crippen LogP contribution >= 0.6 is 11.6 Å². The number of ether oxygens (including phenoxy) is 1. The predicted molar refractivity (Wildman–Crippen MR) is 131 cm³/mol. The first-order chi connectivity index (χ1) is 16.0. The molecule has 0 spiro atoms. The summed E-state index contributed by atoms with van der Waals surface area (Å²) in [5.41, 5.74) is 1.36. The Balaban J connectivity index is 1.35. The zero-order valence-corrected chi connectivity index (χ0v) is 19.7. The zero-order chi connectivity index (χ0) is 23.1. The number of carbonyl (C=O) groups excluding carboxylic acids is 1. The van der Waals surface area contributed by atoms with Gasteiger partial charge in [-0.1, -0.05) is 54.9 Å². The average molecular weight is 464 g/mol. The fourth-order valence-electron chi connectivity index (χ4n) is 4.14. The van der Waals surface area contributed by atoms with E-state index in [9.17, 15) is 4.79 Å². The number of carbonyl (C=O) groups is 1. The van der Waals surface area contributed by atoms with E-state index in [1.165, 1.54) is 0 Å². The van der Waals surface area contributed by atoms with E-state index in [1.807, 2.05) is 72.8 Å². The van der Waals surface area contributed by atoms with E-state index >= 15 is 0 Å². The van der Waals surface area contributed by atoms with Gasteiger partial charge in [0.2, 0.25) is 5.91 Å². The molecule has 5 nitrogen and oxygen atoms in total. The van der Waals surface area contributed by atoms with E-state index in [-0.39, 0.29) is 11.9 Å². The van der Waals surface area contributed by atoms with Crippen LogP contribution in [0.3, 0.4) is 0 Å². The van der Waals surface area contributed by atoms with Gasteiger partial charge in [-0.2, -0.15) is 0 Å². The minimum absolute atomic E-state index is 0.0632. The van der Waals surface area contributed by atoms with Crippen molar-refractivity contribution < 1.29 is 9.53 Å². The minimum atomic E-state index is -0.420. The molecule has 0 aliphatic carbocycles. The molecule has 1 aliphatic heterocycles. The first-order valence-corrected chi connectivity index (χ1v) is 11.8. The van der Waals surface area contributed by atoms with Gasteiger partial charge in [-0.05, 0) is 67.9 Å². The molecule has 1 aromatic heterocycles. The van der Waals surface area contributed by atoms with Gasteiger partial charge < -0.3 is 10.1 Å². The number of halogens is 1. The summed E-state index contributed by atoms with van der Waals surface area (Å²) < 4.78 is 5.83. The number of para-hydroxylation sites is 1. The molecule has 0 radical (unpaired) electrons. The van der Waals surface area contributed by atoms with Crippen LogP contribution in [0.1, 0.15) is 37.1 Å². The summed E-state index contributed by atoms with van der Waals surface area (Å²) in [7, 11) is 0. The van der Waals surface area contributed by atoms with Crippen LogP contribution in [0, 0.1) is 5.41 Å². The quantitative estimate of drug-likeness (QED) is 0.503. The predicted octanol–water partition coefficient (Wildman–Crippen LogP) is 5.12. The van der Waals surface area contributed by atoms with Crippen LogP contribution in [0.5, 0.6) is 5.75 Å². The summed E-state index contributed by atoms with van der Waals surface area (Å²) in [5, 5.41) is 3.94. The smallest absolute Gasteiger partial charge is 0.226 e. The molecule has 1 N–H and O–H groups in total. The topological polar surface area (TPSA) is 54.5 Å². The normalized spacial score (nSPS) is 16.7. The molecule has 1 amide bonds. The summed E-state index contributed by atoms with van der Waals surface area (Å²) in [6.45, 7) is 5.31. The van der Waals surface area contributed by atoms with Crippen LogP contribution in [0.25, 0.3) is 0 Å². The number of pyridine rings is 1. The molecule has 2 heterocycles. The fourth-order valence-corrected chi connectivity index (χ4v) is 4.27. The minimum Gasteiger partial charge on any atom is -0.492 e. The van der Waals surface area contributed by atoms with Crippen molar-refractivity contribution in [1.29, 1.82) is 0 Å². The van der Waals surface area contributed by atoms with E-state index in [1.54, 1.807) is 6.20 Å². The molecule has 0 bridgehead atoms. The molecule has 1 atom stereocenters. The number of likely N-dealkylation sites (tertiary alicyclic amines) is 1. The van der Waals surface area contributed by atoms with Crippen LogP contribution in [-0.4, -0.2) is 42.0 Å². The van der Waals surface area contributed by atoms with Crippen LogP contribution in [0.4, 0.5) is 0 Å². The largest absolute Gasteiger partial charge is 0.492 e. The Kier molecular flexibility index (Phi) is 7.63. The van der Waals surface area contributed by atoms with E-state index in [0.29, 0.717) is 11.6 Å². The summed E-state index contributed by atoms with van der Waals surface area (Å²) >= 11 is 6.08. The van der Waals surface area contributed by atoms with Crippen molar-refractivity contribution >= 4 is 17.5 Å². The van der Waals surface area contributed by atoms with Gasteiger partial charge in [0, 0.05) is 23.2 Å². The highest BCUT2D eigenvalue weighted by molar-refractivity contribution is 6.30. The summed E-state index contributed by atoms with van der Waals surface area (Å²) in [4.78, 5) is 20.3. The van der Waals surface area contributed by atoms with Crippen molar-refractivity contribution in [2.24, 2.45) is 5.41 Å². The maximum absolute atomic E-state index is 13.4. The van der Waals surface area contributed by atoms with Crippen LogP contribution in [-0.2, 0) is 4.79 Å². The second kappa shape index (κ2) is 10.8. The molecule has 3 aromatic rings. The number of hydrogen-bond acceptors (Lipinski definition) is 4. The molecule has 1 saturated heterocycles. The van der Waals surface area contributed by atoms with Crippen LogP contribution in [0.15, 0.2) is 79.0 Å². The van der Waals surface area contributed by atoms with Gasteiger partial charge in [-0.15, -0.1) is 0 Å². The van der Waals surface area contributed by atoms with E-state index in [2.05, 4.69) is 22.1 Å². The van der Waals surface area contributed by atoms with Crippen molar-refractivity contribution in [1.82, 2.24) is 15.2 Å². The highest BCUT2D eigenvalue weighted by atomic mass is 35.5. The summed E-state index contributed by atoms with van der Waals surface area (Å²) in [6.07, 6.45) is 3.36. The number of benzene rings is 2. The van der Waals surface area contributed by atoms with E-state index in [0.717, 1.165) is 49.5 Å². The van der Waals surface area contributed by atoms with Gasteiger partial charge in [0.05, 0.1) is 11.7 Å². The molecule has 2 aromatic carbocycles. The van der Waals surface area contributed by atoms with Gasteiger partial charge in [-0.25, -0.2) is 0 Å². The summed E-state index contributed by atoms with van der Waals surface area (Å²) in [6, 6.07) is 22.9. The lowest BCUT2D eigenvalue weighted by Gasteiger charge is -2.39. The van der Waals surface area contributed by atoms with Crippen molar-refractivity contribution in [2.45, 2.75) is 25.8 Å². The highest BCUT2D eigenvalue weighted by Crippen LogP contribution is 2.33. The number of aromatic nitrogens is 1. The molecule has 33 heavy (non-hydrogen) atoms. The SMILES string of the molecule is CC1(C(=O)N[C@H](c2ccc(Cl)cc2)c2ccccn2)CCN(CCOc2ccccc2)CC1. The number of nitrogens with zero attached hydrogens (tertiary/aromatic N) is 2. The van der Waals surface area contributed by atoms with Gasteiger partial charge in [0.25, 0.3) is 0 Å².